The van der Waals surface area contributed by atoms with Crippen LogP contribution >= 0.6 is 0 Å². The van der Waals surface area contributed by atoms with Crippen LogP contribution in [-0.2, 0) is 11.2 Å². The second kappa shape index (κ2) is 6.36. The number of alkyl halides is 3. The summed E-state index contributed by atoms with van der Waals surface area (Å²) in [7, 11) is 0. The van der Waals surface area contributed by atoms with Crippen molar-refractivity contribution in [1.82, 2.24) is 10.3 Å². The number of halogens is 3. The summed E-state index contributed by atoms with van der Waals surface area (Å²) in [5.41, 5.74) is -0.535. The normalized spacial score (nSPS) is 26.2. The van der Waals surface area contributed by atoms with Crippen LogP contribution in [0, 0.1) is 5.41 Å². The van der Waals surface area contributed by atoms with Crippen molar-refractivity contribution in [2.24, 2.45) is 5.41 Å². The number of aromatic nitrogens is 1. The fourth-order valence-corrected chi connectivity index (χ4v) is 3.52. The zero-order valence-electron chi connectivity index (χ0n) is 12.9. The second-order valence-corrected chi connectivity index (χ2v) is 6.36. The molecule has 2 atom stereocenters. The highest BCUT2D eigenvalue weighted by Crippen LogP contribution is 2.49. The van der Waals surface area contributed by atoms with Crippen LogP contribution in [0.4, 0.5) is 13.2 Å². The Morgan fingerprint density at radius 2 is 2.12 bits per heavy atom. The quantitative estimate of drug-likeness (QED) is 0.867. The number of aryl methyl sites for hydroxylation is 1. The summed E-state index contributed by atoms with van der Waals surface area (Å²) in [4.78, 5) is 16.1. The van der Waals surface area contributed by atoms with E-state index >= 15 is 0 Å². The van der Waals surface area contributed by atoms with Crippen LogP contribution in [0.25, 0.3) is 0 Å². The average molecular weight is 348 g/mol. The molecule has 1 amide bonds. The van der Waals surface area contributed by atoms with Gasteiger partial charge in [0.2, 0.25) is 0 Å². The van der Waals surface area contributed by atoms with E-state index in [1.54, 1.807) is 0 Å². The van der Waals surface area contributed by atoms with E-state index in [-0.39, 0.29) is 17.5 Å². The van der Waals surface area contributed by atoms with Crippen LogP contribution in [0.2, 0.25) is 0 Å². The third-order valence-corrected chi connectivity index (χ3v) is 5.04. The van der Waals surface area contributed by atoms with Gasteiger partial charge < -0.3 is 19.6 Å². The minimum Gasteiger partial charge on any atom is -0.448 e. The van der Waals surface area contributed by atoms with Crippen molar-refractivity contribution in [1.29, 1.82) is 0 Å². The van der Waals surface area contributed by atoms with E-state index in [1.807, 2.05) is 0 Å². The lowest BCUT2D eigenvalue weighted by Crippen LogP contribution is -2.65. The Balaban J connectivity index is 1.64. The Kier molecular flexibility index (Phi) is 4.56. The highest BCUT2D eigenvalue weighted by atomic mass is 19.4. The van der Waals surface area contributed by atoms with Crippen molar-refractivity contribution in [3.8, 4) is 0 Å². The molecular formula is C15H19F3N2O4. The summed E-state index contributed by atoms with van der Waals surface area (Å²) < 4.78 is 47.2. The molecule has 3 rings (SSSR count). The molecule has 24 heavy (non-hydrogen) atoms. The zero-order chi connectivity index (χ0) is 17.4. The van der Waals surface area contributed by atoms with Gasteiger partial charge in [-0.15, -0.1) is 0 Å². The maximum Gasteiger partial charge on any atom is 0.389 e. The molecule has 2 N–H and O–H groups in total. The number of oxazole rings is 1. The van der Waals surface area contributed by atoms with Crippen LogP contribution in [-0.4, -0.2) is 47.5 Å². The van der Waals surface area contributed by atoms with Gasteiger partial charge in [0.05, 0.1) is 12.5 Å². The Bertz CT molecular complexity index is 596. The average Bonchev–Trinajstić information content (AvgIpc) is 3.01. The topological polar surface area (TPSA) is 84.6 Å². The largest absolute Gasteiger partial charge is 0.448 e. The van der Waals surface area contributed by atoms with E-state index in [0.29, 0.717) is 32.5 Å². The van der Waals surface area contributed by atoms with E-state index in [2.05, 4.69) is 10.3 Å². The van der Waals surface area contributed by atoms with Gasteiger partial charge in [-0.1, -0.05) is 0 Å². The van der Waals surface area contributed by atoms with E-state index < -0.39 is 36.4 Å². The third-order valence-electron chi connectivity index (χ3n) is 5.04. The minimum absolute atomic E-state index is 0.0780. The van der Waals surface area contributed by atoms with Gasteiger partial charge in [0, 0.05) is 31.1 Å². The molecule has 1 aromatic rings. The number of carbonyl (C=O) groups is 1. The van der Waals surface area contributed by atoms with Gasteiger partial charge in [-0.05, 0) is 19.3 Å². The maximum absolute atomic E-state index is 12.4. The summed E-state index contributed by atoms with van der Waals surface area (Å²) >= 11 is 0. The number of ether oxygens (including phenoxy) is 1. The van der Waals surface area contributed by atoms with Crippen molar-refractivity contribution in [3.63, 3.8) is 0 Å². The van der Waals surface area contributed by atoms with Crippen LogP contribution in [0.3, 0.4) is 0 Å². The van der Waals surface area contributed by atoms with Gasteiger partial charge in [0.1, 0.15) is 5.76 Å². The molecule has 0 bridgehead atoms. The molecular weight excluding hydrogens is 329 g/mol. The van der Waals surface area contributed by atoms with Gasteiger partial charge in [-0.25, -0.2) is 4.98 Å². The number of nitrogens with zero attached hydrogens (tertiary/aromatic N) is 1. The first-order valence-corrected chi connectivity index (χ1v) is 7.87. The van der Waals surface area contributed by atoms with Gasteiger partial charge in [-0.3, -0.25) is 4.79 Å². The predicted molar refractivity (Wildman–Crippen MR) is 75.2 cm³/mol. The van der Waals surface area contributed by atoms with Crippen LogP contribution < -0.4 is 5.32 Å². The summed E-state index contributed by atoms with van der Waals surface area (Å²) in [6.07, 6.45) is -3.68. The lowest BCUT2D eigenvalue weighted by atomic mass is 9.58. The molecule has 1 saturated heterocycles. The van der Waals surface area contributed by atoms with Gasteiger partial charge in [-0.2, -0.15) is 13.2 Å². The van der Waals surface area contributed by atoms with Gasteiger partial charge in [0.15, 0.2) is 12.1 Å². The Hall–Kier alpha value is -1.61. The van der Waals surface area contributed by atoms with Crippen molar-refractivity contribution in [2.75, 3.05) is 13.2 Å². The number of hydrogen-bond acceptors (Lipinski definition) is 5. The summed E-state index contributed by atoms with van der Waals surface area (Å²) in [6, 6.07) is -0.240. The summed E-state index contributed by atoms with van der Waals surface area (Å²) in [5.74, 6) is -0.644. The molecule has 6 nitrogen and oxygen atoms in total. The van der Waals surface area contributed by atoms with Crippen LogP contribution in [0.1, 0.15) is 41.9 Å². The zero-order valence-corrected chi connectivity index (χ0v) is 12.9. The summed E-state index contributed by atoms with van der Waals surface area (Å²) in [5, 5.41) is 12.9. The van der Waals surface area contributed by atoms with Crippen LogP contribution in [0.5, 0.6) is 0 Å². The highest BCUT2D eigenvalue weighted by molar-refractivity contribution is 5.93. The van der Waals surface area contributed by atoms with E-state index in [4.69, 9.17) is 9.15 Å². The standard InChI is InChI=1S/C15H19F3N2O4/c16-15(17,18)2-1-9-12(19-8-24-9)13(22)20-10-7-11(21)14(10)3-5-23-6-4-14/h8,10-11,21H,1-7H2,(H,20,22)/t10-,11-/m1/s1. The SMILES string of the molecule is O=C(N[C@@H]1C[C@@H](O)C12CCOCC2)c1ncoc1CCC(F)(F)F. The molecule has 9 heteroatoms. The van der Waals surface area contributed by atoms with E-state index in [1.165, 1.54) is 0 Å². The first-order valence-electron chi connectivity index (χ1n) is 7.87. The number of hydrogen-bond donors (Lipinski definition) is 2. The number of nitrogens with one attached hydrogen (secondary N) is 1. The molecule has 134 valence electrons. The molecule has 1 aliphatic heterocycles. The molecule has 1 saturated carbocycles. The Morgan fingerprint density at radius 3 is 2.75 bits per heavy atom. The lowest BCUT2D eigenvalue weighted by Gasteiger charge is -2.55. The molecule has 0 unspecified atom stereocenters. The first kappa shape index (κ1) is 17.2. The number of rotatable bonds is 4. The number of aliphatic hydroxyl groups excluding tert-OH is 1. The number of amides is 1. The van der Waals surface area contributed by atoms with E-state index in [9.17, 15) is 23.1 Å². The smallest absolute Gasteiger partial charge is 0.389 e. The lowest BCUT2D eigenvalue weighted by molar-refractivity contribution is -0.145. The molecule has 2 aliphatic rings. The van der Waals surface area contributed by atoms with Crippen LogP contribution in [0.15, 0.2) is 10.8 Å². The van der Waals surface area contributed by atoms with Gasteiger partial charge in [0.25, 0.3) is 5.91 Å². The molecule has 1 aliphatic carbocycles. The molecule has 2 heterocycles. The molecule has 0 radical (unpaired) electrons. The minimum atomic E-state index is -4.33. The second-order valence-electron chi connectivity index (χ2n) is 6.36. The number of carbonyl (C=O) groups excluding carboxylic acids is 1. The molecule has 1 spiro atoms. The van der Waals surface area contributed by atoms with Gasteiger partial charge >= 0.3 is 6.18 Å². The molecule has 0 aromatic carbocycles. The maximum atomic E-state index is 12.4. The molecule has 1 aromatic heterocycles. The van der Waals surface area contributed by atoms with Crippen molar-refractivity contribution in [2.45, 2.75) is 50.4 Å². The van der Waals surface area contributed by atoms with Crippen molar-refractivity contribution >= 4 is 5.91 Å². The first-order chi connectivity index (χ1) is 11.3. The Labute approximate surface area is 136 Å². The van der Waals surface area contributed by atoms with E-state index in [0.717, 1.165) is 6.39 Å². The number of aliphatic hydroxyl groups is 1. The van der Waals surface area contributed by atoms with Crippen molar-refractivity contribution in [3.05, 3.63) is 17.8 Å². The monoisotopic (exact) mass is 348 g/mol. The fourth-order valence-electron chi connectivity index (χ4n) is 3.52. The van der Waals surface area contributed by atoms with Crippen molar-refractivity contribution < 1.29 is 32.2 Å². The summed E-state index contributed by atoms with van der Waals surface area (Å²) in [6.45, 7) is 1.04. The Morgan fingerprint density at radius 1 is 1.42 bits per heavy atom. The highest BCUT2D eigenvalue weighted by Gasteiger charge is 2.55. The fraction of sp³-hybridized carbons (Fsp3) is 0.733. The third kappa shape index (κ3) is 3.27. The molecule has 2 fully saturated rings. The predicted octanol–water partition coefficient (Wildman–Crippen LogP) is 1.83.